The Balaban J connectivity index is 0.00000484. The Kier molecular flexibility index (Phi) is 9.53. The fourth-order valence-corrected chi connectivity index (χ4v) is 1.67. The summed E-state index contributed by atoms with van der Waals surface area (Å²) in [7, 11) is 0. The van der Waals surface area contributed by atoms with Gasteiger partial charge in [0.1, 0.15) is 12.6 Å². The Hall–Kier alpha value is -2.81. The molecule has 0 spiro atoms. The number of ether oxygens (including phenoxy) is 1. The maximum Gasteiger partial charge on any atom is 0.408 e. The fourth-order valence-electron chi connectivity index (χ4n) is 1.67. The zero-order chi connectivity index (χ0) is 16.4. The molecule has 0 saturated heterocycles. The third kappa shape index (κ3) is 8.94. The first-order chi connectivity index (χ1) is 10.5. The fraction of sp³-hybridized carbons (Fsp3) is 0.357. The van der Waals surface area contributed by atoms with Crippen LogP contribution in [0.4, 0.5) is 4.79 Å². The van der Waals surface area contributed by atoms with E-state index in [2.05, 4.69) is 10.3 Å². The van der Waals surface area contributed by atoms with Gasteiger partial charge in [-0.1, -0.05) is 30.3 Å². The number of carbonyl (C=O) groups excluding carboxylic acids is 1. The number of hydrogen-bond donors (Lipinski definition) is 4. The maximum atomic E-state index is 11.6. The molecule has 1 aromatic rings. The van der Waals surface area contributed by atoms with Gasteiger partial charge in [-0.25, -0.2) is 9.59 Å². The number of aliphatic imine (C=N–C) groups is 1. The lowest BCUT2D eigenvalue weighted by Gasteiger charge is -2.14. The number of hydrogen-bond acceptors (Lipinski definition) is 4. The summed E-state index contributed by atoms with van der Waals surface area (Å²) in [5.41, 5.74) is 11.1. The van der Waals surface area contributed by atoms with Crippen LogP contribution in [0.15, 0.2) is 35.3 Å². The van der Waals surface area contributed by atoms with Gasteiger partial charge in [-0.2, -0.15) is 0 Å². The van der Waals surface area contributed by atoms with Gasteiger partial charge in [0.25, 0.3) is 0 Å². The molecular formula is C14H22N4O5. The zero-order valence-electron chi connectivity index (χ0n) is 12.6. The van der Waals surface area contributed by atoms with Gasteiger partial charge < -0.3 is 32.1 Å². The molecule has 0 aliphatic heterocycles. The summed E-state index contributed by atoms with van der Waals surface area (Å²) in [6, 6.07) is 8.05. The summed E-state index contributed by atoms with van der Waals surface area (Å²) in [5, 5.41) is 11.4. The number of nitrogens with two attached hydrogens (primary N) is 2. The lowest BCUT2D eigenvalue weighted by molar-refractivity contribution is -0.139. The topological polar surface area (TPSA) is 172 Å². The summed E-state index contributed by atoms with van der Waals surface area (Å²) >= 11 is 0. The van der Waals surface area contributed by atoms with Crippen molar-refractivity contribution in [1.82, 2.24) is 5.32 Å². The number of guanidine groups is 1. The van der Waals surface area contributed by atoms with Crippen molar-refractivity contribution in [2.75, 3.05) is 6.54 Å². The van der Waals surface area contributed by atoms with Crippen LogP contribution in [0.3, 0.4) is 0 Å². The number of benzene rings is 1. The van der Waals surface area contributed by atoms with Crippen LogP contribution in [0.1, 0.15) is 18.4 Å². The summed E-state index contributed by atoms with van der Waals surface area (Å²) in [6.45, 7) is 0.375. The third-order valence-electron chi connectivity index (χ3n) is 2.75. The third-order valence-corrected chi connectivity index (χ3v) is 2.75. The Morgan fingerprint density at radius 3 is 2.48 bits per heavy atom. The molecule has 0 bridgehead atoms. The van der Waals surface area contributed by atoms with Gasteiger partial charge >= 0.3 is 12.1 Å². The number of alkyl carbamates (subject to hydrolysis) is 1. The smallest absolute Gasteiger partial charge is 0.408 e. The molecule has 1 atom stereocenters. The highest BCUT2D eigenvalue weighted by molar-refractivity contribution is 5.79. The molecular weight excluding hydrogens is 304 g/mol. The average molecular weight is 326 g/mol. The maximum absolute atomic E-state index is 11.6. The molecule has 1 rings (SSSR count). The second-order valence-corrected chi connectivity index (χ2v) is 4.55. The van der Waals surface area contributed by atoms with E-state index in [1.54, 1.807) is 12.1 Å². The SMILES string of the molecule is NC(N)=NCCC[C@H](NC(=O)OCc1ccccc1)C(=O)O.O. The highest BCUT2D eigenvalue weighted by atomic mass is 16.5. The summed E-state index contributed by atoms with van der Waals surface area (Å²) in [6.07, 6.45) is -0.154. The van der Waals surface area contributed by atoms with Crippen molar-refractivity contribution >= 4 is 18.0 Å². The number of amides is 1. The van der Waals surface area contributed by atoms with Crippen LogP contribution in [0.25, 0.3) is 0 Å². The number of carboxylic acids is 1. The van der Waals surface area contributed by atoms with E-state index < -0.39 is 18.1 Å². The first-order valence-corrected chi connectivity index (χ1v) is 6.74. The van der Waals surface area contributed by atoms with E-state index in [9.17, 15) is 9.59 Å². The van der Waals surface area contributed by atoms with Gasteiger partial charge in [0.2, 0.25) is 0 Å². The lowest BCUT2D eigenvalue weighted by atomic mass is 10.1. The van der Waals surface area contributed by atoms with E-state index in [1.165, 1.54) is 0 Å². The van der Waals surface area contributed by atoms with Crippen LogP contribution < -0.4 is 16.8 Å². The van der Waals surface area contributed by atoms with Gasteiger partial charge in [0.15, 0.2) is 5.96 Å². The molecule has 0 radical (unpaired) electrons. The largest absolute Gasteiger partial charge is 0.480 e. The van der Waals surface area contributed by atoms with E-state index in [-0.39, 0.29) is 24.5 Å². The Bertz CT molecular complexity index is 517. The number of carbonyl (C=O) groups is 2. The molecule has 9 heteroatoms. The minimum absolute atomic E-state index is 0. The van der Waals surface area contributed by atoms with Crippen molar-refractivity contribution in [2.45, 2.75) is 25.5 Å². The molecule has 9 nitrogen and oxygen atoms in total. The predicted molar refractivity (Wildman–Crippen MR) is 84.7 cm³/mol. The van der Waals surface area contributed by atoms with E-state index in [4.69, 9.17) is 21.3 Å². The van der Waals surface area contributed by atoms with Gasteiger partial charge in [-0.05, 0) is 18.4 Å². The predicted octanol–water partition coefficient (Wildman–Crippen LogP) is -0.405. The van der Waals surface area contributed by atoms with Crippen molar-refractivity contribution in [3.63, 3.8) is 0 Å². The molecule has 128 valence electrons. The molecule has 0 aliphatic rings. The minimum atomic E-state index is -1.14. The number of carboxylic acid groups (broad SMARTS) is 1. The average Bonchev–Trinajstić information content (AvgIpc) is 2.48. The highest BCUT2D eigenvalue weighted by Crippen LogP contribution is 2.03. The van der Waals surface area contributed by atoms with Crippen molar-refractivity contribution in [1.29, 1.82) is 0 Å². The van der Waals surface area contributed by atoms with Crippen LogP contribution in [0, 0.1) is 0 Å². The molecule has 1 aromatic carbocycles. The molecule has 23 heavy (non-hydrogen) atoms. The van der Waals surface area contributed by atoms with Crippen molar-refractivity contribution in [3.8, 4) is 0 Å². The minimum Gasteiger partial charge on any atom is -0.480 e. The van der Waals surface area contributed by atoms with E-state index >= 15 is 0 Å². The van der Waals surface area contributed by atoms with Gasteiger partial charge in [0, 0.05) is 6.54 Å². The normalized spacial score (nSPS) is 10.8. The Morgan fingerprint density at radius 2 is 1.91 bits per heavy atom. The van der Waals surface area contributed by atoms with Crippen LogP contribution in [-0.4, -0.2) is 41.2 Å². The first-order valence-electron chi connectivity index (χ1n) is 6.74. The van der Waals surface area contributed by atoms with Crippen molar-refractivity contribution in [3.05, 3.63) is 35.9 Å². The van der Waals surface area contributed by atoms with Crippen LogP contribution in [0.2, 0.25) is 0 Å². The second kappa shape index (κ2) is 10.9. The van der Waals surface area contributed by atoms with Crippen molar-refractivity contribution in [2.24, 2.45) is 16.5 Å². The van der Waals surface area contributed by atoms with Crippen LogP contribution in [0.5, 0.6) is 0 Å². The molecule has 0 unspecified atom stereocenters. The van der Waals surface area contributed by atoms with E-state index in [1.807, 2.05) is 18.2 Å². The summed E-state index contributed by atoms with van der Waals surface area (Å²) in [4.78, 5) is 26.4. The van der Waals surface area contributed by atoms with Gasteiger partial charge in [0.05, 0.1) is 0 Å². The molecule has 0 fully saturated rings. The quantitative estimate of drug-likeness (QED) is 0.287. The molecule has 0 aromatic heterocycles. The zero-order valence-corrected chi connectivity index (χ0v) is 12.6. The molecule has 8 N–H and O–H groups in total. The van der Waals surface area contributed by atoms with E-state index in [0.717, 1.165) is 5.56 Å². The van der Waals surface area contributed by atoms with Crippen LogP contribution >= 0.6 is 0 Å². The highest BCUT2D eigenvalue weighted by Gasteiger charge is 2.20. The van der Waals surface area contributed by atoms with Gasteiger partial charge in [-0.3, -0.25) is 4.99 Å². The lowest BCUT2D eigenvalue weighted by Crippen LogP contribution is -2.41. The molecule has 0 heterocycles. The Morgan fingerprint density at radius 1 is 1.26 bits per heavy atom. The summed E-state index contributed by atoms with van der Waals surface area (Å²) < 4.78 is 4.97. The van der Waals surface area contributed by atoms with E-state index in [0.29, 0.717) is 13.0 Å². The standard InChI is InChI=1S/C14H20N4O4.H2O/c15-13(16)17-8-4-7-11(12(19)20)18-14(21)22-9-10-5-2-1-3-6-10;/h1-3,5-6,11H,4,7-9H2,(H,18,21)(H,19,20)(H4,15,16,17);1H2/t11-;/m0./s1. The molecule has 0 aliphatic carbocycles. The second-order valence-electron chi connectivity index (χ2n) is 4.55. The first kappa shape index (κ1) is 20.2. The molecule has 0 saturated carbocycles. The summed E-state index contributed by atoms with van der Waals surface area (Å²) in [5.74, 6) is -1.19. The van der Waals surface area contributed by atoms with Crippen LogP contribution in [-0.2, 0) is 16.1 Å². The number of rotatable bonds is 8. The van der Waals surface area contributed by atoms with Crippen molar-refractivity contribution < 1.29 is 24.9 Å². The van der Waals surface area contributed by atoms with Gasteiger partial charge in [-0.15, -0.1) is 0 Å². The Labute approximate surface area is 133 Å². The number of nitrogens with one attached hydrogen (secondary N) is 1. The molecule has 1 amide bonds. The number of nitrogens with zero attached hydrogens (tertiary/aromatic N) is 1. The number of aliphatic carboxylic acids is 1. The monoisotopic (exact) mass is 326 g/mol.